The van der Waals surface area contributed by atoms with Gasteiger partial charge in [-0.05, 0) is 38.0 Å². The highest BCUT2D eigenvalue weighted by Gasteiger charge is 2.00. The minimum atomic E-state index is 1.05. The third kappa shape index (κ3) is 3.37. The smallest absolute Gasteiger partial charge is 0.0232 e. The predicted octanol–water partition coefficient (Wildman–Crippen LogP) is 4.90. The van der Waals surface area contributed by atoms with E-state index in [9.17, 15) is 0 Å². The molecule has 2 aromatic rings. The maximum absolute atomic E-state index is 2.27. The van der Waals surface area contributed by atoms with Gasteiger partial charge in [0.05, 0.1) is 0 Å². The molecular formula is C16H18S. The van der Waals surface area contributed by atoms with Crippen LogP contribution in [0, 0.1) is 20.8 Å². The predicted molar refractivity (Wildman–Crippen MR) is 76.7 cm³/mol. The number of benzene rings is 2. The van der Waals surface area contributed by atoms with Gasteiger partial charge in [0.1, 0.15) is 0 Å². The molecule has 0 bridgehead atoms. The monoisotopic (exact) mass is 242 g/mol. The van der Waals surface area contributed by atoms with E-state index in [1.165, 1.54) is 27.1 Å². The Labute approximate surface area is 108 Å². The fraction of sp³-hybridized carbons (Fsp3) is 0.250. The maximum atomic E-state index is 2.27. The Hall–Kier alpha value is -1.21. The molecule has 0 heterocycles. The molecule has 0 saturated heterocycles. The fourth-order valence-corrected chi connectivity index (χ4v) is 2.89. The average Bonchev–Trinajstić information content (AvgIpc) is 2.30. The molecule has 2 rings (SSSR count). The summed E-state index contributed by atoms with van der Waals surface area (Å²) in [6.45, 7) is 6.47. The van der Waals surface area contributed by atoms with Crippen molar-refractivity contribution in [3.8, 4) is 0 Å². The number of aryl methyl sites for hydroxylation is 3. The Bertz CT molecular complexity index is 515. The van der Waals surface area contributed by atoms with E-state index >= 15 is 0 Å². The van der Waals surface area contributed by atoms with E-state index in [4.69, 9.17) is 0 Å². The molecule has 0 unspecified atom stereocenters. The molecule has 0 N–H and O–H groups in total. The van der Waals surface area contributed by atoms with Gasteiger partial charge in [-0.2, -0.15) is 0 Å². The Kier molecular flexibility index (Phi) is 3.90. The van der Waals surface area contributed by atoms with Gasteiger partial charge in [-0.1, -0.05) is 47.5 Å². The van der Waals surface area contributed by atoms with Crippen LogP contribution in [0.3, 0.4) is 0 Å². The van der Waals surface area contributed by atoms with Gasteiger partial charge in [0, 0.05) is 10.6 Å². The third-order valence-electron chi connectivity index (χ3n) is 2.82. The minimum absolute atomic E-state index is 1.05. The summed E-state index contributed by atoms with van der Waals surface area (Å²) >= 11 is 1.92. The summed E-state index contributed by atoms with van der Waals surface area (Å²) in [5, 5.41) is 0. The second kappa shape index (κ2) is 5.42. The van der Waals surface area contributed by atoms with Crippen molar-refractivity contribution in [1.82, 2.24) is 0 Å². The zero-order valence-corrected chi connectivity index (χ0v) is 11.5. The Morgan fingerprint density at radius 3 is 2.41 bits per heavy atom. The molecule has 0 spiro atoms. The lowest BCUT2D eigenvalue weighted by molar-refractivity contribution is 1.25. The lowest BCUT2D eigenvalue weighted by Gasteiger charge is -2.07. The molecule has 0 amide bonds. The van der Waals surface area contributed by atoms with Crippen LogP contribution in [0.1, 0.15) is 22.3 Å². The molecule has 0 aliphatic heterocycles. The number of rotatable bonds is 3. The van der Waals surface area contributed by atoms with Gasteiger partial charge >= 0.3 is 0 Å². The first kappa shape index (κ1) is 12.3. The lowest BCUT2D eigenvalue weighted by atomic mass is 10.2. The van der Waals surface area contributed by atoms with E-state index < -0.39 is 0 Å². The van der Waals surface area contributed by atoms with Crippen LogP contribution in [0.4, 0.5) is 0 Å². The molecule has 0 saturated carbocycles. The highest BCUT2D eigenvalue weighted by molar-refractivity contribution is 7.98. The molecule has 17 heavy (non-hydrogen) atoms. The van der Waals surface area contributed by atoms with Crippen molar-refractivity contribution in [3.63, 3.8) is 0 Å². The Morgan fingerprint density at radius 1 is 0.882 bits per heavy atom. The van der Waals surface area contributed by atoms with Gasteiger partial charge in [-0.3, -0.25) is 0 Å². The van der Waals surface area contributed by atoms with Crippen LogP contribution in [0.25, 0.3) is 0 Å². The maximum Gasteiger partial charge on any atom is 0.0232 e. The zero-order valence-electron chi connectivity index (χ0n) is 10.7. The summed E-state index contributed by atoms with van der Waals surface area (Å²) in [5.41, 5.74) is 5.44. The average molecular weight is 242 g/mol. The van der Waals surface area contributed by atoms with E-state index in [2.05, 4.69) is 63.2 Å². The SMILES string of the molecule is Cc1cccc(CSc2cc(C)ccc2C)c1. The third-order valence-corrected chi connectivity index (χ3v) is 4.05. The molecule has 1 heteroatoms. The van der Waals surface area contributed by atoms with Crippen LogP contribution in [-0.2, 0) is 5.75 Å². The van der Waals surface area contributed by atoms with Gasteiger partial charge in [0.15, 0.2) is 0 Å². The summed E-state index contributed by atoms with van der Waals surface area (Å²) in [4.78, 5) is 1.39. The molecule has 88 valence electrons. The van der Waals surface area contributed by atoms with Crippen molar-refractivity contribution in [3.05, 3.63) is 64.7 Å². The van der Waals surface area contributed by atoms with Crippen molar-refractivity contribution >= 4 is 11.8 Å². The Balaban J connectivity index is 2.09. The molecule has 0 atom stereocenters. The van der Waals surface area contributed by atoms with Crippen molar-refractivity contribution in [2.75, 3.05) is 0 Å². The van der Waals surface area contributed by atoms with Crippen LogP contribution >= 0.6 is 11.8 Å². The second-order valence-electron chi connectivity index (χ2n) is 4.55. The summed E-state index contributed by atoms with van der Waals surface area (Å²) < 4.78 is 0. The van der Waals surface area contributed by atoms with Gasteiger partial charge in [0.2, 0.25) is 0 Å². The molecule has 0 aromatic heterocycles. The summed E-state index contributed by atoms with van der Waals surface area (Å²) in [6.07, 6.45) is 0. The van der Waals surface area contributed by atoms with Crippen LogP contribution < -0.4 is 0 Å². The standard InChI is InChI=1S/C16H18S/c1-12-5-4-6-15(9-12)11-17-16-10-13(2)7-8-14(16)3/h4-10H,11H2,1-3H3. The van der Waals surface area contributed by atoms with Crippen molar-refractivity contribution < 1.29 is 0 Å². The number of hydrogen-bond acceptors (Lipinski definition) is 1. The van der Waals surface area contributed by atoms with Gasteiger partial charge in [0.25, 0.3) is 0 Å². The van der Waals surface area contributed by atoms with Crippen LogP contribution in [0.15, 0.2) is 47.4 Å². The molecule has 0 aliphatic rings. The van der Waals surface area contributed by atoms with Crippen LogP contribution in [0.5, 0.6) is 0 Å². The first-order valence-electron chi connectivity index (χ1n) is 5.91. The highest BCUT2D eigenvalue weighted by Crippen LogP contribution is 2.27. The molecular weight excluding hydrogens is 224 g/mol. The van der Waals surface area contributed by atoms with E-state index in [-0.39, 0.29) is 0 Å². The van der Waals surface area contributed by atoms with E-state index in [1.807, 2.05) is 11.8 Å². The molecule has 0 aliphatic carbocycles. The summed E-state index contributed by atoms with van der Waals surface area (Å²) in [7, 11) is 0. The fourth-order valence-electron chi connectivity index (χ4n) is 1.83. The van der Waals surface area contributed by atoms with Gasteiger partial charge in [-0.25, -0.2) is 0 Å². The van der Waals surface area contributed by atoms with E-state index in [0.29, 0.717) is 0 Å². The summed E-state index contributed by atoms with van der Waals surface area (Å²) in [6, 6.07) is 15.4. The largest absolute Gasteiger partial charge is 0.121 e. The van der Waals surface area contributed by atoms with Crippen molar-refractivity contribution in [2.24, 2.45) is 0 Å². The molecule has 0 radical (unpaired) electrons. The number of thioether (sulfide) groups is 1. The van der Waals surface area contributed by atoms with Crippen LogP contribution in [0.2, 0.25) is 0 Å². The minimum Gasteiger partial charge on any atom is -0.121 e. The van der Waals surface area contributed by atoms with E-state index in [0.717, 1.165) is 5.75 Å². The summed E-state index contributed by atoms with van der Waals surface area (Å²) in [5.74, 6) is 1.05. The topological polar surface area (TPSA) is 0 Å². The normalized spacial score (nSPS) is 10.5. The first-order valence-corrected chi connectivity index (χ1v) is 6.89. The molecule has 2 aromatic carbocycles. The van der Waals surface area contributed by atoms with Crippen molar-refractivity contribution in [2.45, 2.75) is 31.4 Å². The van der Waals surface area contributed by atoms with Crippen LogP contribution in [-0.4, -0.2) is 0 Å². The quantitative estimate of drug-likeness (QED) is 0.689. The lowest BCUT2D eigenvalue weighted by Crippen LogP contribution is -1.85. The van der Waals surface area contributed by atoms with Crippen molar-refractivity contribution in [1.29, 1.82) is 0 Å². The van der Waals surface area contributed by atoms with Gasteiger partial charge in [-0.15, -0.1) is 11.8 Å². The zero-order chi connectivity index (χ0) is 12.3. The number of hydrogen-bond donors (Lipinski definition) is 0. The Morgan fingerprint density at radius 2 is 1.65 bits per heavy atom. The van der Waals surface area contributed by atoms with E-state index in [1.54, 1.807) is 0 Å². The molecule has 0 fully saturated rings. The van der Waals surface area contributed by atoms with Gasteiger partial charge < -0.3 is 0 Å². The first-order chi connectivity index (χ1) is 8.15. The second-order valence-corrected chi connectivity index (χ2v) is 5.56. The molecule has 0 nitrogen and oxygen atoms in total. The highest BCUT2D eigenvalue weighted by atomic mass is 32.2.